The van der Waals surface area contributed by atoms with Crippen LogP contribution in [0.3, 0.4) is 0 Å². The van der Waals surface area contributed by atoms with Crippen molar-refractivity contribution >= 4 is 11.4 Å². The summed E-state index contributed by atoms with van der Waals surface area (Å²) in [7, 11) is 0. The highest BCUT2D eigenvalue weighted by Crippen LogP contribution is 2.09. The van der Waals surface area contributed by atoms with Gasteiger partial charge in [-0.25, -0.2) is 4.52 Å². The summed E-state index contributed by atoms with van der Waals surface area (Å²) in [6.45, 7) is 1.94. The molecular weight excluding hydrogens is 192 g/mol. The molecule has 3 N–H and O–H groups in total. The van der Waals surface area contributed by atoms with Crippen LogP contribution in [0.1, 0.15) is 11.3 Å². The number of oxime groups is 1. The van der Waals surface area contributed by atoms with Crippen molar-refractivity contribution in [1.29, 1.82) is 0 Å². The molecule has 0 aliphatic rings. The van der Waals surface area contributed by atoms with Gasteiger partial charge < -0.3 is 10.9 Å². The quantitative estimate of drug-likeness (QED) is 0.331. The number of amidine groups is 1. The van der Waals surface area contributed by atoms with Crippen LogP contribution in [-0.2, 0) is 6.42 Å². The molecule has 2 aromatic heterocycles. The highest BCUT2D eigenvalue weighted by molar-refractivity contribution is 5.82. The number of aryl methyl sites for hydroxylation is 1. The van der Waals surface area contributed by atoms with Crippen molar-refractivity contribution in [3.63, 3.8) is 0 Å². The molecule has 5 heteroatoms. The number of aromatic nitrogens is 2. The van der Waals surface area contributed by atoms with Gasteiger partial charge in [0.1, 0.15) is 5.84 Å². The fourth-order valence-electron chi connectivity index (χ4n) is 1.52. The molecule has 0 aliphatic carbocycles. The van der Waals surface area contributed by atoms with Gasteiger partial charge in [-0.15, -0.1) is 0 Å². The van der Waals surface area contributed by atoms with E-state index in [1.165, 1.54) is 0 Å². The fraction of sp³-hybridized carbons (Fsp3) is 0.200. The number of fused-ring (bicyclic) bond motifs is 1. The number of hydrogen-bond donors (Lipinski definition) is 2. The molecule has 0 aromatic carbocycles. The number of nitrogens with zero attached hydrogens (tertiary/aromatic N) is 3. The molecule has 78 valence electrons. The molecule has 2 aromatic rings. The summed E-state index contributed by atoms with van der Waals surface area (Å²) in [4.78, 5) is 0. The van der Waals surface area contributed by atoms with Crippen LogP contribution in [0.2, 0.25) is 0 Å². The molecule has 2 heterocycles. The van der Waals surface area contributed by atoms with E-state index in [1.54, 1.807) is 4.52 Å². The van der Waals surface area contributed by atoms with Crippen molar-refractivity contribution in [3.8, 4) is 0 Å². The first-order chi connectivity index (χ1) is 7.19. The third-order valence-electron chi connectivity index (χ3n) is 2.16. The van der Waals surface area contributed by atoms with Crippen LogP contribution < -0.4 is 5.73 Å². The Balaban J connectivity index is 2.38. The minimum atomic E-state index is 0.204. The Labute approximate surface area is 86.8 Å². The normalized spacial score (nSPS) is 12.2. The van der Waals surface area contributed by atoms with Crippen LogP contribution in [0.25, 0.3) is 5.52 Å². The van der Waals surface area contributed by atoms with Gasteiger partial charge in [-0.1, -0.05) is 5.16 Å². The highest BCUT2D eigenvalue weighted by atomic mass is 16.4. The average molecular weight is 204 g/mol. The van der Waals surface area contributed by atoms with E-state index < -0.39 is 0 Å². The molecule has 0 unspecified atom stereocenters. The van der Waals surface area contributed by atoms with Gasteiger partial charge in [0.25, 0.3) is 0 Å². The van der Waals surface area contributed by atoms with Gasteiger partial charge in [-0.3, -0.25) is 0 Å². The second-order valence-electron chi connectivity index (χ2n) is 3.46. The summed E-state index contributed by atoms with van der Waals surface area (Å²) < 4.78 is 1.80. The maximum atomic E-state index is 8.46. The van der Waals surface area contributed by atoms with Crippen LogP contribution in [0, 0.1) is 6.92 Å². The molecule has 2 rings (SSSR count). The second kappa shape index (κ2) is 3.61. The molecule has 0 saturated heterocycles. The van der Waals surface area contributed by atoms with E-state index >= 15 is 0 Å². The Kier molecular flexibility index (Phi) is 2.29. The standard InChI is InChI=1S/C10H12N4O/c1-7-4-9-5-8(6-10(11)13-15)2-3-14(9)12-7/h2-5,15H,6H2,1H3,(H2,11,13). The minimum absolute atomic E-state index is 0.204. The maximum absolute atomic E-state index is 8.46. The van der Waals surface area contributed by atoms with Gasteiger partial charge in [0, 0.05) is 12.6 Å². The van der Waals surface area contributed by atoms with Crippen molar-refractivity contribution < 1.29 is 5.21 Å². The van der Waals surface area contributed by atoms with E-state index in [0.717, 1.165) is 16.8 Å². The molecule has 0 bridgehead atoms. The first kappa shape index (κ1) is 9.51. The summed E-state index contributed by atoms with van der Waals surface area (Å²) in [5, 5.41) is 15.7. The van der Waals surface area contributed by atoms with Crippen molar-refractivity contribution in [2.45, 2.75) is 13.3 Å². The van der Waals surface area contributed by atoms with E-state index in [4.69, 9.17) is 10.9 Å². The summed E-state index contributed by atoms with van der Waals surface area (Å²) in [6, 6.07) is 5.85. The molecule has 0 amide bonds. The Morgan fingerprint density at radius 2 is 2.40 bits per heavy atom. The van der Waals surface area contributed by atoms with Crippen LogP contribution in [-0.4, -0.2) is 20.7 Å². The molecule has 0 radical (unpaired) electrons. The zero-order valence-electron chi connectivity index (χ0n) is 8.38. The predicted molar refractivity (Wildman–Crippen MR) is 57.0 cm³/mol. The average Bonchev–Trinajstić information content (AvgIpc) is 2.57. The van der Waals surface area contributed by atoms with Crippen molar-refractivity contribution in [2.75, 3.05) is 0 Å². The molecule has 0 atom stereocenters. The van der Waals surface area contributed by atoms with Crippen LogP contribution in [0.4, 0.5) is 0 Å². The number of rotatable bonds is 2. The largest absolute Gasteiger partial charge is 0.409 e. The van der Waals surface area contributed by atoms with Gasteiger partial charge in [-0.2, -0.15) is 5.10 Å². The van der Waals surface area contributed by atoms with Crippen molar-refractivity contribution in [3.05, 3.63) is 35.7 Å². The van der Waals surface area contributed by atoms with E-state index in [9.17, 15) is 0 Å². The van der Waals surface area contributed by atoms with Crippen molar-refractivity contribution in [1.82, 2.24) is 9.61 Å². The monoisotopic (exact) mass is 204 g/mol. The third kappa shape index (κ3) is 1.90. The molecule has 15 heavy (non-hydrogen) atoms. The Morgan fingerprint density at radius 3 is 3.13 bits per heavy atom. The van der Waals surface area contributed by atoms with Gasteiger partial charge in [0.15, 0.2) is 0 Å². The molecule has 5 nitrogen and oxygen atoms in total. The lowest BCUT2D eigenvalue weighted by atomic mass is 10.2. The summed E-state index contributed by atoms with van der Waals surface area (Å²) in [5.74, 6) is 0.204. The Hall–Kier alpha value is -2.04. The first-order valence-electron chi connectivity index (χ1n) is 4.60. The van der Waals surface area contributed by atoms with Gasteiger partial charge in [-0.05, 0) is 30.7 Å². The lowest BCUT2D eigenvalue weighted by Gasteiger charge is -2.00. The van der Waals surface area contributed by atoms with Crippen LogP contribution in [0.15, 0.2) is 29.6 Å². The van der Waals surface area contributed by atoms with Crippen LogP contribution >= 0.6 is 0 Å². The molecule has 0 spiro atoms. The van der Waals surface area contributed by atoms with Crippen LogP contribution in [0.5, 0.6) is 0 Å². The Morgan fingerprint density at radius 1 is 1.60 bits per heavy atom. The Bertz CT molecular complexity index is 515. The van der Waals surface area contributed by atoms with Gasteiger partial charge in [0.05, 0.1) is 11.2 Å². The fourth-order valence-corrected chi connectivity index (χ4v) is 1.52. The molecule has 0 aliphatic heterocycles. The lowest BCUT2D eigenvalue weighted by molar-refractivity contribution is 0.317. The zero-order chi connectivity index (χ0) is 10.8. The minimum Gasteiger partial charge on any atom is -0.409 e. The lowest BCUT2D eigenvalue weighted by Crippen LogP contribution is -2.14. The van der Waals surface area contributed by atoms with E-state index in [0.29, 0.717) is 6.42 Å². The van der Waals surface area contributed by atoms with Crippen molar-refractivity contribution in [2.24, 2.45) is 10.9 Å². The number of pyridine rings is 1. The van der Waals surface area contributed by atoms with E-state index in [1.807, 2.05) is 31.3 Å². The smallest absolute Gasteiger partial charge is 0.143 e. The van der Waals surface area contributed by atoms with Gasteiger partial charge in [0.2, 0.25) is 0 Å². The first-order valence-corrected chi connectivity index (χ1v) is 4.60. The van der Waals surface area contributed by atoms with E-state index in [2.05, 4.69) is 10.3 Å². The summed E-state index contributed by atoms with van der Waals surface area (Å²) in [6.07, 6.45) is 2.31. The maximum Gasteiger partial charge on any atom is 0.143 e. The zero-order valence-corrected chi connectivity index (χ0v) is 8.38. The SMILES string of the molecule is Cc1cc2cc(C/C(N)=N/O)ccn2n1. The third-order valence-corrected chi connectivity index (χ3v) is 2.16. The number of hydrogen-bond acceptors (Lipinski definition) is 3. The summed E-state index contributed by atoms with van der Waals surface area (Å²) in [5.41, 5.74) is 8.41. The van der Waals surface area contributed by atoms with Gasteiger partial charge >= 0.3 is 0 Å². The summed E-state index contributed by atoms with van der Waals surface area (Å²) >= 11 is 0. The number of nitrogens with two attached hydrogens (primary N) is 1. The molecule has 0 saturated carbocycles. The topological polar surface area (TPSA) is 75.9 Å². The molecular formula is C10H12N4O. The highest BCUT2D eigenvalue weighted by Gasteiger charge is 2.01. The second-order valence-corrected chi connectivity index (χ2v) is 3.46. The predicted octanol–water partition coefficient (Wildman–Crippen LogP) is 0.932. The van der Waals surface area contributed by atoms with E-state index in [-0.39, 0.29) is 5.84 Å². The molecule has 0 fully saturated rings.